The fourth-order valence-corrected chi connectivity index (χ4v) is 2.91. The van der Waals surface area contributed by atoms with Crippen molar-refractivity contribution >= 4 is 16.8 Å². The smallest absolute Gasteiger partial charge is 0.367 e. The van der Waals surface area contributed by atoms with Gasteiger partial charge in [-0.05, 0) is 17.2 Å². The molecular formula is C21H19F3N2O3. The molecule has 3 aromatic rings. The zero-order valence-electron chi connectivity index (χ0n) is 15.6. The molecule has 0 saturated carbocycles. The first-order chi connectivity index (χ1) is 13.7. The van der Waals surface area contributed by atoms with Gasteiger partial charge in [-0.15, -0.1) is 0 Å². The van der Waals surface area contributed by atoms with Crippen molar-refractivity contribution in [1.29, 1.82) is 0 Å². The number of fused-ring (bicyclic) bond motifs is 1. The Morgan fingerprint density at radius 2 is 1.72 bits per heavy atom. The first-order valence-electron chi connectivity index (χ1n) is 8.84. The number of carbonyl (C=O) groups is 1. The van der Waals surface area contributed by atoms with E-state index in [0.717, 1.165) is 5.56 Å². The Balaban J connectivity index is 1.65. The van der Waals surface area contributed by atoms with Gasteiger partial charge in [-0.25, -0.2) is 0 Å². The Hall–Kier alpha value is -3.13. The molecule has 0 atom stereocenters. The monoisotopic (exact) mass is 404 g/mol. The summed E-state index contributed by atoms with van der Waals surface area (Å²) in [5.74, 6) is -0.378. The van der Waals surface area contributed by atoms with Crippen molar-refractivity contribution in [3.63, 3.8) is 0 Å². The van der Waals surface area contributed by atoms with E-state index in [4.69, 9.17) is 0 Å². The number of carbonyl (C=O) groups excluding carboxylic acids is 1. The molecule has 152 valence electrons. The van der Waals surface area contributed by atoms with Crippen LogP contribution in [0, 0.1) is 0 Å². The molecule has 0 fully saturated rings. The van der Waals surface area contributed by atoms with Crippen molar-refractivity contribution in [2.75, 3.05) is 6.61 Å². The number of amides is 1. The summed E-state index contributed by atoms with van der Waals surface area (Å²) in [4.78, 5) is 24.7. The Morgan fingerprint density at radius 1 is 1.07 bits per heavy atom. The van der Waals surface area contributed by atoms with Crippen LogP contribution >= 0.6 is 0 Å². The van der Waals surface area contributed by atoms with Gasteiger partial charge in [-0.3, -0.25) is 9.59 Å². The second-order valence-electron chi connectivity index (χ2n) is 6.58. The number of nitrogens with zero attached hydrogens (tertiary/aromatic N) is 1. The third-order valence-corrected chi connectivity index (χ3v) is 4.41. The fraction of sp³-hybridized carbons (Fsp3) is 0.238. The van der Waals surface area contributed by atoms with Gasteiger partial charge in [0, 0.05) is 25.0 Å². The Morgan fingerprint density at radius 3 is 2.41 bits per heavy atom. The van der Waals surface area contributed by atoms with Crippen LogP contribution in [-0.4, -0.2) is 23.3 Å². The van der Waals surface area contributed by atoms with Crippen LogP contribution in [0.3, 0.4) is 0 Å². The highest BCUT2D eigenvalue weighted by atomic mass is 19.4. The van der Waals surface area contributed by atoms with E-state index in [1.807, 2.05) is 0 Å². The predicted octanol–water partition coefficient (Wildman–Crippen LogP) is 3.55. The number of benzene rings is 2. The minimum atomic E-state index is -4.35. The van der Waals surface area contributed by atoms with Crippen LogP contribution in [0.2, 0.25) is 0 Å². The molecule has 0 unspecified atom stereocenters. The van der Waals surface area contributed by atoms with E-state index in [0.29, 0.717) is 22.0 Å². The van der Waals surface area contributed by atoms with Gasteiger partial charge in [0.1, 0.15) is 6.61 Å². The van der Waals surface area contributed by atoms with Crippen LogP contribution in [0.15, 0.2) is 59.4 Å². The molecular weight excluding hydrogens is 385 g/mol. The topological polar surface area (TPSA) is 60.3 Å². The van der Waals surface area contributed by atoms with Crippen molar-refractivity contribution in [1.82, 2.24) is 9.88 Å². The third kappa shape index (κ3) is 5.23. The van der Waals surface area contributed by atoms with Crippen molar-refractivity contribution in [3.05, 3.63) is 81.6 Å². The van der Waals surface area contributed by atoms with Crippen LogP contribution in [0.1, 0.15) is 21.5 Å². The lowest BCUT2D eigenvalue weighted by Crippen LogP contribution is -2.26. The molecule has 0 saturated heterocycles. The number of ether oxygens (including phenoxy) is 1. The quantitative estimate of drug-likeness (QED) is 0.684. The molecule has 0 spiro atoms. The van der Waals surface area contributed by atoms with Crippen molar-refractivity contribution < 1.29 is 22.7 Å². The summed E-state index contributed by atoms with van der Waals surface area (Å²) in [6.45, 7) is -1.23. The lowest BCUT2D eigenvalue weighted by Gasteiger charge is -2.11. The van der Waals surface area contributed by atoms with Gasteiger partial charge in [0.15, 0.2) is 0 Å². The van der Waals surface area contributed by atoms with Gasteiger partial charge in [0.05, 0.1) is 17.7 Å². The maximum absolute atomic E-state index is 12.6. The summed E-state index contributed by atoms with van der Waals surface area (Å²) in [6.07, 6.45) is -4.35. The molecule has 5 nitrogen and oxygen atoms in total. The van der Waals surface area contributed by atoms with E-state index < -0.39 is 12.8 Å². The predicted molar refractivity (Wildman–Crippen MR) is 103 cm³/mol. The molecule has 1 amide bonds. The number of aryl methyl sites for hydroxylation is 1. The molecule has 29 heavy (non-hydrogen) atoms. The molecule has 0 aliphatic rings. The van der Waals surface area contributed by atoms with E-state index in [2.05, 4.69) is 10.1 Å². The first kappa shape index (κ1) is 20.6. The molecule has 3 rings (SSSR count). The van der Waals surface area contributed by atoms with Gasteiger partial charge >= 0.3 is 6.18 Å². The Kier molecular flexibility index (Phi) is 6.03. The number of hydrogen-bond donors (Lipinski definition) is 1. The summed E-state index contributed by atoms with van der Waals surface area (Å²) in [6, 6.07) is 15.1. The molecule has 2 aromatic carbocycles. The molecule has 0 bridgehead atoms. The number of nitrogens with one attached hydrogen (secondary N) is 1. The minimum absolute atomic E-state index is 0.147. The second-order valence-corrected chi connectivity index (χ2v) is 6.58. The van der Waals surface area contributed by atoms with Crippen molar-refractivity contribution in [2.45, 2.75) is 19.3 Å². The largest absolute Gasteiger partial charge is 0.411 e. The number of pyridine rings is 1. The normalized spacial score (nSPS) is 11.6. The molecule has 8 heteroatoms. The molecule has 1 N–H and O–H groups in total. The Bertz CT molecular complexity index is 1070. The van der Waals surface area contributed by atoms with Gasteiger partial charge in [0.2, 0.25) is 0 Å². The summed E-state index contributed by atoms with van der Waals surface area (Å²) >= 11 is 0. The third-order valence-electron chi connectivity index (χ3n) is 4.41. The lowest BCUT2D eigenvalue weighted by molar-refractivity contribution is -0.176. The first-order valence-corrected chi connectivity index (χ1v) is 8.84. The fourth-order valence-electron chi connectivity index (χ4n) is 2.91. The van der Waals surface area contributed by atoms with Gasteiger partial charge in [-0.1, -0.05) is 42.5 Å². The maximum Gasteiger partial charge on any atom is 0.411 e. The Labute approximate surface area is 164 Å². The average Bonchev–Trinajstić information content (AvgIpc) is 2.69. The van der Waals surface area contributed by atoms with Crippen LogP contribution in [-0.2, 0) is 24.9 Å². The van der Waals surface area contributed by atoms with E-state index in [9.17, 15) is 22.8 Å². The SMILES string of the molecule is Cn1c(=O)cc(C(=O)NCc2ccc(COCC(F)(F)F)cc2)c2ccccc21. The molecule has 0 aliphatic heterocycles. The average molecular weight is 404 g/mol. The highest BCUT2D eigenvalue weighted by molar-refractivity contribution is 6.06. The summed E-state index contributed by atoms with van der Waals surface area (Å²) in [5, 5.41) is 3.44. The second kappa shape index (κ2) is 8.48. The lowest BCUT2D eigenvalue weighted by atomic mass is 10.1. The maximum atomic E-state index is 12.6. The van der Waals surface area contributed by atoms with Gasteiger partial charge < -0.3 is 14.6 Å². The molecule has 0 radical (unpaired) electrons. The number of rotatable bonds is 6. The van der Waals surface area contributed by atoms with Crippen LogP contribution in [0.25, 0.3) is 10.9 Å². The van der Waals surface area contributed by atoms with E-state index in [1.165, 1.54) is 10.6 Å². The minimum Gasteiger partial charge on any atom is -0.367 e. The van der Waals surface area contributed by atoms with Crippen LogP contribution in [0.5, 0.6) is 0 Å². The van der Waals surface area contributed by atoms with Gasteiger partial charge in [0.25, 0.3) is 11.5 Å². The van der Waals surface area contributed by atoms with Crippen molar-refractivity contribution in [2.24, 2.45) is 7.05 Å². The zero-order valence-corrected chi connectivity index (χ0v) is 15.6. The van der Waals surface area contributed by atoms with E-state index >= 15 is 0 Å². The van der Waals surface area contributed by atoms with E-state index in [1.54, 1.807) is 55.6 Å². The number of para-hydroxylation sites is 1. The number of aromatic nitrogens is 1. The molecule has 1 heterocycles. The molecule has 0 aliphatic carbocycles. The summed E-state index contributed by atoms with van der Waals surface area (Å²) in [7, 11) is 1.65. The number of halogens is 3. The van der Waals surface area contributed by atoms with Crippen LogP contribution < -0.4 is 10.9 Å². The zero-order chi connectivity index (χ0) is 21.0. The number of alkyl halides is 3. The van der Waals surface area contributed by atoms with E-state index in [-0.39, 0.29) is 24.6 Å². The number of hydrogen-bond acceptors (Lipinski definition) is 3. The molecule has 1 aromatic heterocycles. The highest BCUT2D eigenvalue weighted by Crippen LogP contribution is 2.17. The van der Waals surface area contributed by atoms with Crippen molar-refractivity contribution in [3.8, 4) is 0 Å². The van der Waals surface area contributed by atoms with Crippen LogP contribution in [0.4, 0.5) is 13.2 Å². The standard InChI is InChI=1S/C21H19F3N2O3/c1-26-18-5-3-2-4-16(18)17(10-19(26)27)20(28)25-11-14-6-8-15(9-7-14)12-29-13-21(22,23)24/h2-10H,11-13H2,1H3,(H,25,28). The summed E-state index contributed by atoms with van der Waals surface area (Å²) in [5.41, 5.74) is 2.04. The van der Waals surface area contributed by atoms with Gasteiger partial charge in [-0.2, -0.15) is 13.2 Å². The summed E-state index contributed by atoms with van der Waals surface area (Å²) < 4.78 is 42.4. The highest BCUT2D eigenvalue weighted by Gasteiger charge is 2.27.